The number of phenols is 1. The van der Waals surface area contributed by atoms with Crippen LogP contribution < -0.4 is 10.2 Å². The number of carbonyl (C=O) groups is 5. The average molecular weight is 764 g/mol. The Morgan fingerprint density at radius 3 is 2.11 bits per heavy atom. The summed E-state index contributed by atoms with van der Waals surface area (Å²) < 4.78 is 0. The summed E-state index contributed by atoms with van der Waals surface area (Å²) in [4.78, 5) is 71.7. The molecule has 5 heterocycles. The van der Waals surface area contributed by atoms with Gasteiger partial charge in [0.25, 0.3) is 11.8 Å². The summed E-state index contributed by atoms with van der Waals surface area (Å²) in [5.41, 5.74) is 8.93. The van der Waals surface area contributed by atoms with Crippen LogP contribution in [0, 0.1) is 5.41 Å². The molecule has 1 spiro atoms. The number of amides is 5. The number of carbonyl (C=O) groups excluding carboxylic acids is 5. The zero-order valence-electron chi connectivity index (χ0n) is 31.8. The van der Waals surface area contributed by atoms with Crippen molar-refractivity contribution in [1.82, 2.24) is 20.0 Å². The SMILES string of the molecule is O=C1CCC(N2C(=O)c3cc4c(cc3C2=O)CN(CC(=O)N2CC3(CCN(c5ccc(C6c7ccc(O)cc7CCC6c6ccccc6)cc5)CC3)C2)C4)C(=O)N1. The van der Waals surface area contributed by atoms with Crippen LogP contribution in [0.1, 0.15) is 98.0 Å². The molecule has 57 heavy (non-hydrogen) atoms. The smallest absolute Gasteiger partial charge is 0.262 e. The maximum atomic E-state index is 13.5. The van der Waals surface area contributed by atoms with E-state index >= 15 is 0 Å². The Morgan fingerprint density at radius 2 is 1.44 bits per heavy atom. The first-order valence-electron chi connectivity index (χ1n) is 20.2. The molecule has 11 nitrogen and oxygen atoms in total. The Hall–Kier alpha value is -5.81. The van der Waals surface area contributed by atoms with Crippen LogP contribution in [0.4, 0.5) is 5.69 Å². The van der Waals surface area contributed by atoms with Crippen molar-refractivity contribution in [3.05, 3.63) is 129 Å². The third-order valence-corrected chi connectivity index (χ3v) is 13.6. The minimum absolute atomic E-state index is 0.0796. The summed E-state index contributed by atoms with van der Waals surface area (Å²) in [6, 6.07) is 28.3. The lowest BCUT2D eigenvalue weighted by molar-refractivity contribution is -0.146. The van der Waals surface area contributed by atoms with Crippen LogP contribution in [0.3, 0.4) is 0 Å². The van der Waals surface area contributed by atoms with E-state index in [2.05, 4.69) is 75.8 Å². The number of likely N-dealkylation sites (tertiary alicyclic amines) is 1. The number of nitrogens with one attached hydrogen (secondary N) is 1. The average Bonchev–Trinajstić information content (AvgIpc) is 3.71. The molecule has 0 saturated carbocycles. The van der Waals surface area contributed by atoms with E-state index in [0.29, 0.717) is 24.8 Å². The quantitative estimate of drug-likeness (QED) is 0.260. The molecule has 10 rings (SSSR count). The normalized spacial score (nSPS) is 23.9. The van der Waals surface area contributed by atoms with Gasteiger partial charge in [-0.3, -0.25) is 39.1 Å². The lowest BCUT2D eigenvalue weighted by Gasteiger charge is -2.54. The summed E-state index contributed by atoms with van der Waals surface area (Å²) in [6.45, 7) is 4.72. The Balaban J connectivity index is 0.739. The fourth-order valence-corrected chi connectivity index (χ4v) is 10.5. The van der Waals surface area contributed by atoms with Gasteiger partial charge >= 0.3 is 0 Å². The van der Waals surface area contributed by atoms with Gasteiger partial charge in [0.15, 0.2) is 0 Å². The monoisotopic (exact) mass is 763 g/mol. The van der Waals surface area contributed by atoms with Crippen molar-refractivity contribution in [1.29, 1.82) is 0 Å². The van der Waals surface area contributed by atoms with Crippen LogP contribution >= 0.6 is 0 Å². The van der Waals surface area contributed by atoms with Crippen LogP contribution in [0.2, 0.25) is 0 Å². The molecule has 0 bridgehead atoms. The third-order valence-electron chi connectivity index (χ3n) is 13.6. The van der Waals surface area contributed by atoms with E-state index in [4.69, 9.17) is 0 Å². The van der Waals surface area contributed by atoms with Gasteiger partial charge in [-0.1, -0.05) is 48.5 Å². The zero-order chi connectivity index (χ0) is 39.0. The number of phenolic OH excluding ortho intramolecular Hbond substituents is 1. The Kier molecular flexibility index (Phi) is 8.55. The van der Waals surface area contributed by atoms with Crippen molar-refractivity contribution < 1.29 is 29.1 Å². The number of hydrogen-bond acceptors (Lipinski definition) is 8. The summed E-state index contributed by atoms with van der Waals surface area (Å²) in [5.74, 6) is -1.04. The molecule has 3 saturated heterocycles. The molecular formula is C46H45N5O6. The summed E-state index contributed by atoms with van der Waals surface area (Å²) in [5, 5.41) is 12.5. The van der Waals surface area contributed by atoms with Crippen molar-refractivity contribution >= 4 is 35.2 Å². The summed E-state index contributed by atoms with van der Waals surface area (Å²) in [6.07, 6.45) is 4.26. The topological polar surface area (TPSA) is 131 Å². The number of nitrogens with zero attached hydrogens (tertiary/aromatic N) is 4. The molecule has 5 amide bonds. The van der Waals surface area contributed by atoms with E-state index in [-0.39, 0.29) is 47.8 Å². The molecule has 290 valence electrons. The van der Waals surface area contributed by atoms with Gasteiger partial charge in [-0.15, -0.1) is 0 Å². The van der Waals surface area contributed by atoms with Crippen LogP contribution in [0.25, 0.3) is 0 Å². The lowest BCUT2D eigenvalue weighted by atomic mass is 9.69. The highest BCUT2D eigenvalue weighted by Gasteiger charge is 2.48. The van der Waals surface area contributed by atoms with Gasteiger partial charge in [-0.05, 0) is 108 Å². The van der Waals surface area contributed by atoms with Gasteiger partial charge in [-0.2, -0.15) is 0 Å². The molecule has 4 aromatic rings. The zero-order valence-corrected chi connectivity index (χ0v) is 31.8. The highest BCUT2D eigenvalue weighted by atomic mass is 16.3. The Bertz CT molecular complexity index is 2280. The maximum absolute atomic E-state index is 13.5. The highest BCUT2D eigenvalue weighted by molar-refractivity contribution is 6.23. The molecule has 1 aliphatic carbocycles. The molecule has 2 N–H and O–H groups in total. The predicted octanol–water partition coefficient (Wildman–Crippen LogP) is 5.10. The second kappa shape index (κ2) is 13.7. The van der Waals surface area contributed by atoms with Crippen molar-refractivity contribution in [2.24, 2.45) is 5.41 Å². The first-order chi connectivity index (χ1) is 27.6. The lowest BCUT2D eigenvalue weighted by Crippen LogP contribution is -2.63. The molecule has 3 atom stereocenters. The van der Waals surface area contributed by atoms with Crippen LogP contribution in [-0.4, -0.2) is 88.1 Å². The highest BCUT2D eigenvalue weighted by Crippen LogP contribution is 2.48. The summed E-state index contributed by atoms with van der Waals surface area (Å²) >= 11 is 0. The molecule has 4 aromatic carbocycles. The van der Waals surface area contributed by atoms with Gasteiger partial charge in [0.05, 0.1) is 17.7 Å². The number of piperidine rings is 2. The van der Waals surface area contributed by atoms with Crippen LogP contribution in [0.15, 0.2) is 84.9 Å². The van der Waals surface area contributed by atoms with E-state index in [9.17, 15) is 29.1 Å². The van der Waals surface area contributed by atoms with Crippen molar-refractivity contribution in [3.63, 3.8) is 0 Å². The molecule has 3 unspecified atom stereocenters. The molecular weight excluding hydrogens is 719 g/mol. The number of fused-ring (bicyclic) bond motifs is 3. The first-order valence-corrected chi connectivity index (χ1v) is 20.2. The molecule has 5 aliphatic heterocycles. The predicted molar refractivity (Wildman–Crippen MR) is 212 cm³/mol. The van der Waals surface area contributed by atoms with Gasteiger partial charge in [0.1, 0.15) is 11.8 Å². The van der Waals surface area contributed by atoms with Gasteiger partial charge in [0.2, 0.25) is 17.7 Å². The van der Waals surface area contributed by atoms with Crippen molar-refractivity contribution in [2.45, 2.75) is 69.5 Å². The number of anilines is 1. The number of hydrogen-bond donors (Lipinski definition) is 2. The first kappa shape index (κ1) is 35.6. The molecule has 0 aromatic heterocycles. The fraction of sp³-hybridized carbons (Fsp3) is 0.370. The maximum Gasteiger partial charge on any atom is 0.262 e. The largest absolute Gasteiger partial charge is 0.508 e. The van der Waals surface area contributed by atoms with Gasteiger partial charge in [0, 0.05) is 62.7 Å². The Labute approximate surface area is 331 Å². The molecule has 11 heteroatoms. The number of imide groups is 2. The Morgan fingerprint density at radius 1 is 0.754 bits per heavy atom. The third kappa shape index (κ3) is 6.19. The fourth-order valence-electron chi connectivity index (χ4n) is 10.5. The van der Waals surface area contributed by atoms with Crippen molar-refractivity contribution in [2.75, 3.05) is 37.6 Å². The number of benzene rings is 4. The van der Waals surface area contributed by atoms with Gasteiger partial charge < -0.3 is 14.9 Å². The number of rotatable bonds is 6. The van der Waals surface area contributed by atoms with E-state index < -0.39 is 29.7 Å². The second-order valence-electron chi connectivity index (χ2n) is 17.0. The van der Waals surface area contributed by atoms with E-state index in [0.717, 1.165) is 67.9 Å². The molecule has 6 aliphatic rings. The molecule has 0 radical (unpaired) electrons. The minimum atomic E-state index is -0.991. The number of aryl methyl sites for hydroxylation is 1. The second-order valence-corrected chi connectivity index (χ2v) is 17.0. The number of aromatic hydroxyl groups is 1. The summed E-state index contributed by atoms with van der Waals surface area (Å²) in [7, 11) is 0. The van der Waals surface area contributed by atoms with Crippen LogP contribution in [-0.2, 0) is 33.9 Å². The molecule has 3 fully saturated rings. The van der Waals surface area contributed by atoms with E-state index in [1.807, 2.05) is 17.0 Å². The van der Waals surface area contributed by atoms with E-state index in [1.165, 1.54) is 27.9 Å². The van der Waals surface area contributed by atoms with E-state index in [1.54, 1.807) is 12.1 Å². The minimum Gasteiger partial charge on any atom is -0.508 e. The van der Waals surface area contributed by atoms with Gasteiger partial charge in [-0.25, -0.2) is 0 Å². The standard InChI is InChI=1S/C46H45N5O6/c52-34-11-13-36-30(20-34)8-12-35(28-4-2-1-3-5-28)42(36)29-6-9-33(10-7-29)49-18-16-46(17-19-49)26-50(27-46)41(54)25-48-23-31-21-37-38(22-32(31)24-48)45(57)51(44(37)56)39-14-15-40(53)47-43(39)55/h1-7,9-11,13,20-22,35,39,42,52H,8,12,14-19,23-27H2,(H,47,53,55). The van der Waals surface area contributed by atoms with Crippen molar-refractivity contribution in [3.8, 4) is 5.75 Å². The van der Waals surface area contributed by atoms with Crippen LogP contribution in [0.5, 0.6) is 5.75 Å².